The molecule has 2 aromatic rings. The first kappa shape index (κ1) is 13.9. The molecule has 2 N–H and O–H groups in total. The number of ether oxygens (including phenoxy) is 2. The molecule has 3 rings (SSSR count). The van der Waals surface area contributed by atoms with Crippen molar-refractivity contribution in [3.63, 3.8) is 0 Å². The molecule has 0 aromatic heterocycles. The van der Waals surface area contributed by atoms with Crippen molar-refractivity contribution in [3.05, 3.63) is 59.4 Å². The molecule has 2 aromatic carbocycles. The highest BCUT2D eigenvalue weighted by atomic mass is 19.1. The van der Waals surface area contributed by atoms with E-state index in [1.807, 2.05) is 31.2 Å². The summed E-state index contributed by atoms with van der Waals surface area (Å²) in [7, 11) is 0. The van der Waals surface area contributed by atoms with Gasteiger partial charge in [0.2, 0.25) is 0 Å². The van der Waals surface area contributed by atoms with Crippen LogP contribution in [0.15, 0.2) is 42.5 Å². The molecular formula is C17H18FNO2. The Morgan fingerprint density at radius 1 is 1.33 bits per heavy atom. The van der Waals surface area contributed by atoms with Gasteiger partial charge in [0.25, 0.3) is 0 Å². The van der Waals surface area contributed by atoms with Crippen molar-refractivity contribution in [3.8, 4) is 11.5 Å². The van der Waals surface area contributed by atoms with Gasteiger partial charge in [-0.25, -0.2) is 4.39 Å². The molecule has 1 aliphatic heterocycles. The predicted molar refractivity (Wildman–Crippen MR) is 79.2 cm³/mol. The first-order chi connectivity index (χ1) is 10.1. The minimum atomic E-state index is -0.322. The molecule has 0 saturated carbocycles. The summed E-state index contributed by atoms with van der Waals surface area (Å²) in [5.74, 6) is 1.25. The fraction of sp³-hybridized carbons (Fsp3) is 0.294. The standard InChI is InChI=1S/C17H18FNO2/c1-11(19)14-7-6-13(18)8-17(14)21-10-12-9-20-16-5-3-2-4-15(12)16/h2-8,11-12H,9-10,19H2,1H3/t11-,12?/m0/s1. The summed E-state index contributed by atoms with van der Waals surface area (Å²) < 4.78 is 24.8. The van der Waals surface area contributed by atoms with Gasteiger partial charge in [-0.2, -0.15) is 0 Å². The molecule has 0 aliphatic carbocycles. The molecule has 1 unspecified atom stereocenters. The zero-order valence-corrected chi connectivity index (χ0v) is 11.9. The number of rotatable bonds is 4. The maximum absolute atomic E-state index is 13.4. The van der Waals surface area contributed by atoms with Crippen LogP contribution in [0.25, 0.3) is 0 Å². The van der Waals surface area contributed by atoms with Crippen LogP contribution in [0.3, 0.4) is 0 Å². The van der Waals surface area contributed by atoms with Crippen LogP contribution >= 0.6 is 0 Å². The number of nitrogens with two attached hydrogens (primary N) is 1. The lowest BCUT2D eigenvalue weighted by Crippen LogP contribution is -2.14. The molecule has 0 fully saturated rings. The zero-order valence-electron chi connectivity index (χ0n) is 11.9. The topological polar surface area (TPSA) is 44.5 Å². The van der Waals surface area contributed by atoms with E-state index in [1.54, 1.807) is 6.07 Å². The fourth-order valence-corrected chi connectivity index (χ4v) is 2.57. The summed E-state index contributed by atoms with van der Waals surface area (Å²) in [5, 5.41) is 0. The molecule has 21 heavy (non-hydrogen) atoms. The summed E-state index contributed by atoms with van der Waals surface area (Å²) in [6.07, 6.45) is 0. The summed E-state index contributed by atoms with van der Waals surface area (Å²) in [6.45, 7) is 2.89. The largest absolute Gasteiger partial charge is 0.493 e. The van der Waals surface area contributed by atoms with E-state index < -0.39 is 0 Å². The van der Waals surface area contributed by atoms with Gasteiger partial charge in [-0.15, -0.1) is 0 Å². The van der Waals surface area contributed by atoms with Gasteiger partial charge in [-0.3, -0.25) is 0 Å². The van der Waals surface area contributed by atoms with Crippen molar-refractivity contribution in [1.82, 2.24) is 0 Å². The summed E-state index contributed by atoms with van der Waals surface area (Å²) in [5.41, 5.74) is 7.84. The predicted octanol–water partition coefficient (Wildman–Crippen LogP) is 3.40. The van der Waals surface area contributed by atoms with Crippen molar-refractivity contribution in [2.45, 2.75) is 18.9 Å². The monoisotopic (exact) mass is 287 g/mol. The van der Waals surface area contributed by atoms with Crippen molar-refractivity contribution >= 4 is 0 Å². The molecule has 1 heterocycles. The second kappa shape index (κ2) is 5.74. The lowest BCUT2D eigenvalue weighted by Gasteiger charge is -2.16. The van der Waals surface area contributed by atoms with Gasteiger partial charge in [-0.1, -0.05) is 24.3 Å². The Morgan fingerprint density at radius 2 is 2.14 bits per heavy atom. The minimum Gasteiger partial charge on any atom is -0.493 e. The van der Waals surface area contributed by atoms with E-state index in [2.05, 4.69) is 0 Å². The van der Waals surface area contributed by atoms with Gasteiger partial charge in [0, 0.05) is 23.2 Å². The summed E-state index contributed by atoms with van der Waals surface area (Å²) >= 11 is 0. The first-order valence-electron chi connectivity index (χ1n) is 7.04. The van der Waals surface area contributed by atoms with Gasteiger partial charge in [0.15, 0.2) is 0 Å². The van der Waals surface area contributed by atoms with E-state index in [9.17, 15) is 4.39 Å². The van der Waals surface area contributed by atoms with E-state index >= 15 is 0 Å². The van der Waals surface area contributed by atoms with Crippen molar-refractivity contribution in [2.75, 3.05) is 13.2 Å². The van der Waals surface area contributed by atoms with Gasteiger partial charge < -0.3 is 15.2 Å². The molecule has 2 atom stereocenters. The zero-order chi connectivity index (χ0) is 14.8. The Hall–Kier alpha value is -2.07. The SMILES string of the molecule is C[C@H](N)c1ccc(F)cc1OCC1COc2ccccc21. The smallest absolute Gasteiger partial charge is 0.126 e. The second-order valence-corrected chi connectivity index (χ2v) is 5.33. The highest BCUT2D eigenvalue weighted by Crippen LogP contribution is 2.34. The highest BCUT2D eigenvalue weighted by molar-refractivity contribution is 5.40. The van der Waals surface area contributed by atoms with E-state index in [1.165, 1.54) is 12.1 Å². The van der Waals surface area contributed by atoms with E-state index in [-0.39, 0.29) is 17.8 Å². The molecule has 0 bridgehead atoms. The molecule has 0 saturated heterocycles. The first-order valence-corrected chi connectivity index (χ1v) is 7.04. The van der Waals surface area contributed by atoms with Gasteiger partial charge in [0.05, 0.1) is 19.1 Å². The Kier molecular flexibility index (Phi) is 3.80. The van der Waals surface area contributed by atoms with Gasteiger partial charge in [0.1, 0.15) is 17.3 Å². The lowest BCUT2D eigenvalue weighted by molar-refractivity contribution is 0.245. The number of fused-ring (bicyclic) bond motifs is 1. The Labute approximate surface area is 123 Å². The van der Waals surface area contributed by atoms with Crippen molar-refractivity contribution in [1.29, 1.82) is 0 Å². The van der Waals surface area contributed by atoms with Crippen LogP contribution in [0.2, 0.25) is 0 Å². The molecular weight excluding hydrogens is 269 g/mol. The highest BCUT2D eigenvalue weighted by Gasteiger charge is 2.24. The molecule has 0 amide bonds. The third-order valence-corrected chi connectivity index (χ3v) is 3.71. The van der Waals surface area contributed by atoms with E-state index in [4.69, 9.17) is 15.2 Å². The fourth-order valence-electron chi connectivity index (χ4n) is 2.57. The van der Waals surface area contributed by atoms with Gasteiger partial charge in [-0.05, 0) is 19.1 Å². The number of para-hydroxylation sites is 1. The Bertz CT molecular complexity index is 642. The third-order valence-electron chi connectivity index (χ3n) is 3.71. The van der Waals surface area contributed by atoms with Crippen LogP contribution in [-0.2, 0) is 0 Å². The quantitative estimate of drug-likeness (QED) is 0.937. The number of benzene rings is 2. The summed E-state index contributed by atoms with van der Waals surface area (Å²) in [4.78, 5) is 0. The summed E-state index contributed by atoms with van der Waals surface area (Å²) in [6, 6.07) is 12.2. The minimum absolute atomic E-state index is 0.158. The molecule has 0 spiro atoms. The average molecular weight is 287 g/mol. The molecule has 4 heteroatoms. The maximum atomic E-state index is 13.4. The van der Waals surface area contributed by atoms with Crippen LogP contribution in [0.5, 0.6) is 11.5 Å². The molecule has 3 nitrogen and oxygen atoms in total. The third kappa shape index (κ3) is 2.85. The number of hydrogen-bond acceptors (Lipinski definition) is 3. The molecule has 1 aliphatic rings. The Morgan fingerprint density at radius 3 is 2.95 bits per heavy atom. The van der Waals surface area contributed by atoms with Crippen LogP contribution in [0.4, 0.5) is 4.39 Å². The molecule has 110 valence electrons. The van der Waals surface area contributed by atoms with Crippen LogP contribution in [0, 0.1) is 5.82 Å². The average Bonchev–Trinajstić information content (AvgIpc) is 2.88. The van der Waals surface area contributed by atoms with Crippen LogP contribution in [0.1, 0.15) is 30.0 Å². The number of halogens is 1. The van der Waals surface area contributed by atoms with Crippen molar-refractivity contribution < 1.29 is 13.9 Å². The Balaban J connectivity index is 1.76. The second-order valence-electron chi connectivity index (χ2n) is 5.33. The maximum Gasteiger partial charge on any atom is 0.126 e. The van der Waals surface area contributed by atoms with Crippen LogP contribution < -0.4 is 15.2 Å². The number of hydrogen-bond donors (Lipinski definition) is 1. The van der Waals surface area contributed by atoms with Crippen molar-refractivity contribution in [2.24, 2.45) is 5.73 Å². The lowest BCUT2D eigenvalue weighted by atomic mass is 10.0. The van der Waals surface area contributed by atoms with Gasteiger partial charge >= 0.3 is 0 Å². The molecule has 0 radical (unpaired) electrons. The van der Waals surface area contributed by atoms with E-state index in [0.717, 1.165) is 16.9 Å². The normalized spacial score (nSPS) is 18.0. The van der Waals surface area contributed by atoms with E-state index in [0.29, 0.717) is 19.0 Å². The van der Waals surface area contributed by atoms with Crippen LogP contribution in [-0.4, -0.2) is 13.2 Å².